The molecule has 1 amide bonds. The number of amides is 1. The molecule has 1 aliphatic rings. The number of aromatic amines is 1. The molecule has 4 nitrogen and oxygen atoms in total. The molecule has 154 valence electrons. The highest BCUT2D eigenvalue weighted by Crippen LogP contribution is 2.43. The average molecular weight is 446 g/mol. The lowest BCUT2D eigenvalue weighted by Crippen LogP contribution is -2.29. The van der Waals surface area contributed by atoms with E-state index in [1.54, 1.807) is 11.8 Å². The second kappa shape index (κ2) is 8.25. The van der Waals surface area contributed by atoms with Gasteiger partial charge in [0.2, 0.25) is 0 Å². The minimum Gasteiger partial charge on any atom is -0.322 e. The molecule has 0 aliphatic carbocycles. The molecule has 0 radical (unpaired) electrons. The van der Waals surface area contributed by atoms with Crippen LogP contribution in [-0.4, -0.2) is 27.3 Å². The van der Waals surface area contributed by atoms with Gasteiger partial charge in [-0.1, -0.05) is 66.2 Å². The Kier molecular flexibility index (Phi) is 5.30. The number of thioether (sulfide) groups is 1. The van der Waals surface area contributed by atoms with Crippen LogP contribution in [0, 0.1) is 0 Å². The summed E-state index contributed by atoms with van der Waals surface area (Å²) in [6, 6.07) is 25.9. The predicted octanol–water partition coefficient (Wildman–Crippen LogP) is 6.20. The maximum Gasteiger partial charge on any atom is 0.273 e. The predicted molar refractivity (Wildman–Crippen MR) is 125 cm³/mol. The standard InChI is InChI=1S/C25H20ClN3OS/c1-31-20-13-9-18(10-14-20)24-21-22(17-7-11-19(26)12-8-17)27-28-23(21)25(30)29(24)15-16-5-3-2-4-6-16/h2-14,24H,15H2,1H3,(H,27,28). The summed E-state index contributed by atoms with van der Waals surface area (Å²) in [5.41, 5.74) is 5.35. The highest BCUT2D eigenvalue weighted by molar-refractivity contribution is 7.98. The molecule has 31 heavy (non-hydrogen) atoms. The average Bonchev–Trinajstić information content (AvgIpc) is 3.35. The molecule has 1 unspecified atom stereocenters. The number of nitrogens with one attached hydrogen (secondary N) is 1. The molecule has 0 spiro atoms. The van der Waals surface area contributed by atoms with Crippen LogP contribution in [0.15, 0.2) is 83.8 Å². The molecule has 6 heteroatoms. The Bertz CT molecular complexity index is 1220. The van der Waals surface area contributed by atoms with Gasteiger partial charge >= 0.3 is 0 Å². The Morgan fingerprint density at radius 2 is 1.71 bits per heavy atom. The van der Waals surface area contributed by atoms with E-state index in [-0.39, 0.29) is 11.9 Å². The fraction of sp³-hybridized carbons (Fsp3) is 0.120. The Morgan fingerprint density at radius 1 is 1.00 bits per heavy atom. The minimum absolute atomic E-state index is 0.0366. The van der Waals surface area contributed by atoms with Gasteiger partial charge in [0.15, 0.2) is 0 Å². The van der Waals surface area contributed by atoms with Crippen LogP contribution in [0.25, 0.3) is 11.3 Å². The number of aromatic nitrogens is 2. The fourth-order valence-corrected chi connectivity index (χ4v) is 4.63. The van der Waals surface area contributed by atoms with Gasteiger partial charge in [-0.2, -0.15) is 5.10 Å². The normalized spacial score (nSPS) is 15.4. The van der Waals surface area contributed by atoms with Crippen molar-refractivity contribution in [3.8, 4) is 11.3 Å². The smallest absolute Gasteiger partial charge is 0.273 e. The minimum atomic E-state index is -0.219. The molecule has 2 heterocycles. The second-order valence-corrected chi connectivity index (χ2v) is 8.78. The third-order valence-corrected chi connectivity index (χ3v) is 6.60. The number of H-pyrrole nitrogens is 1. The lowest BCUT2D eigenvalue weighted by Gasteiger charge is -2.26. The lowest BCUT2D eigenvalue weighted by atomic mass is 9.96. The number of hydrogen-bond acceptors (Lipinski definition) is 3. The van der Waals surface area contributed by atoms with Crippen molar-refractivity contribution in [2.24, 2.45) is 0 Å². The molecule has 3 aromatic carbocycles. The van der Waals surface area contributed by atoms with Crippen molar-refractivity contribution in [2.45, 2.75) is 17.5 Å². The van der Waals surface area contributed by atoms with E-state index in [9.17, 15) is 4.79 Å². The number of halogens is 1. The van der Waals surface area contributed by atoms with Crippen LogP contribution in [0.4, 0.5) is 0 Å². The van der Waals surface area contributed by atoms with Gasteiger partial charge in [-0.3, -0.25) is 9.89 Å². The first-order chi connectivity index (χ1) is 15.2. The van der Waals surface area contributed by atoms with Crippen molar-refractivity contribution >= 4 is 29.3 Å². The monoisotopic (exact) mass is 445 g/mol. The van der Waals surface area contributed by atoms with Crippen LogP contribution in [0.2, 0.25) is 5.02 Å². The SMILES string of the molecule is CSc1ccc(C2c3c(-c4ccc(Cl)cc4)n[nH]c3C(=O)N2Cc2ccccc2)cc1. The van der Waals surface area contributed by atoms with Crippen molar-refractivity contribution < 1.29 is 4.79 Å². The van der Waals surface area contributed by atoms with Crippen LogP contribution in [0.3, 0.4) is 0 Å². The number of fused-ring (bicyclic) bond motifs is 1. The van der Waals surface area contributed by atoms with Crippen molar-refractivity contribution in [1.29, 1.82) is 0 Å². The number of benzene rings is 3. The number of hydrogen-bond donors (Lipinski definition) is 1. The number of rotatable bonds is 5. The summed E-state index contributed by atoms with van der Waals surface area (Å²) in [4.78, 5) is 16.5. The summed E-state index contributed by atoms with van der Waals surface area (Å²) in [5, 5.41) is 8.20. The van der Waals surface area contributed by atoms with E-state index in [0.29, 0.717) is 17.3 Å². The molecule has 0 saturated heterocycles. The largest absolute Gasteiger partial charge is 0.322 e. The quantitative estimate of drug-likeness (QED) is 0.372. The highest BCUT2D eigenvalue weighted by atomic mass is 35.5. The maximum absolute atomic E-state index is 13.4. The molecule has 1 atom stereocenters. The van der Waals surface area contributed by atoms with Crippen molar-refractivity contribution in [1.82, 2.24) is 15.1 Å². The molecule has 1 aliphatic heterocycles. The fourth-order valence-electron chi connectivity index (χ4n) is 4.10. The summed E-state index contributed by atoms with van der Waals surface area (Å²) in [5.74, 6) is -0.0366. The van der Waals surface area contributed by atoms with Gasteiger partial charge in [0, 0.05) is 27.6 Å². The number of carbonyl (C=O) groups is 1. The van der Waals surface area contributed by atoms with E-state index < -0.39 is 0 Å². The van der Waals surface area contributed by atoms with E-state index >= 15 is 0 Å². The second-order valence-electron chi connectivity index (χ2n) is 7.46. The Morgan fingerprint density at radius 3 is 2.39 bits per heavy atom. The zero-order valence-electron chi connectivity index (χ0n) is 16.9. The number of nitrogens with zero attached hydrogens (tertiary/aromatic N) is 2. The summed E-state index contributed by atoms with van der Waals surface area (Å²) in [6.45, 7) is 0.525. The first-order valence-electron chi connectivity index (χ1n) is 9.99. The van der Waals surface area contributed by atoms with Crippen LogP contribution in [0.5, 0.6) is 0 Å². The van der Waals surface area contributed by atoms with Gasteiger partial charge in [0.1, 0.15) is 5.69 Å². The Hall–Kier alpha value is -3.02. The molecule has 5 rings (SSSR count). The topological polar surface area (TPSA) is 49.0 Å². The van der Waals surface area contributed by atoms with Gasteiger partial charge in [0.05, 0.1) is 11.7 Å². The van der Waals surface area contributed by atoms with E-state index in [1.807, 2.05) is 59.5 Å². The van der Waals surface area contributed by atoms with Crippen LogP contribution in [-0.2, 0) is 6.54 Å². The van der Waals surface area contributed by atoms with Crippen molar-refractivity contribution in [3.05, 3.63) is 106 Å². The van der Waals surface area contributed by atoms with Crippen molar-refractivity contribution in [2.75, 3.05) is 6.26 Å². The molecule has 4 aromatic rings. The molecule has 1 N–H and O–H groups in total. The van der Waals surface area contributed by atoms with E-state index in [2.05, 4.69) is 40.7 Å². The van der Waals surface area contributed by atoms with E-state index in [1.165, 1.54) is 4.90 Å². The van der Waals surface area contributed by atoms with Gasteiger partial charge in [0.25, 0.3) is 5.91 Å². The number of carbonyl (C=O) groups excluding carboxylic acids is 1. The van der Waals surface area contributed by atoms with Crippen LogP contribution < -0.4 is 0 Å². The van der Waals surface area contributed by atoms with Crippen molar-refractivity contribution in [3.63, 3.8) is 0 Å². The molecule has 0 bridgehead atoms. The van der Waals surface area contributed by atoms with Gasteiger partial charge in [-0.05, 0) is 41.6 Å². The third-order valence-electron chi connectivity index (χ3n) is 5.61. The third kappa shape index (κ3) is 3.64. The molecule has 0 fully saturated rings. The molecule has 0 saturated carbocycles. The van der Waals surface area contributed by atoms with Crippen LogP contribution in [0.1, 0.15) is 33.2 Å². The summed E-state index contributed by atoms with van der Waals surface area (Å²) >= 11 is 7.79. The highest BCUT2D eigenvalue weighted by Gasteiger charge is 2.42. The molecular formula is C25H20ClN3OS. The first-order valence-corrected chi connectivity index (χ1v) is 11.6. The van der Waals surface area contributed by atoms with Gasteiger partial charge < -0.3 is 4.90 Å². The lowest BCUT2D eigenvalue weighted by molar-refractivity contribution is 0.0730. The van der Waals surface area contributed by atoms with E-state index in [4.69, 9.17) is 11.6 Å². The van der Waals surface area contributed by atoms with Crippen LogP contribution >= 0.6 is 23.4 Å². The van der Waals surface area contributed by atoms with Gasteiger partial charge in [-0.25, -0.2) is 0 Å². The Labute approximate surface area is 190 Å². The summed E-state index contributed by atoms with van der Waals surface area (Å²) in [7, 11) is 0. The molecule has 1 aromatic heterocycles. The Balaban J connectivity index is 1.63. The zero-order valence-corrected chi connectivity index (χ0v) is 18.5. The first kappa shape index (κ1) is 19.9. The summed E-state index contributed by atoms with van der Waals surface area (Å²) < 4.78 is 0. The maximum atomic E-state index is 13.4. The zero-order chi connectivity index (χ0) is 21.4. The summed E-state index contributed by atoms with van der Waals surface area (Å²) in [6.07, 6.45) is 2.06. The van der Waals surface area contributed by atoms with E-state index in [0.717, 1.165) is 27.9 Å². The van der Waals surface area contributed by atoms with Gasteiger partial charge in [-0.15, -0.1) is 11.8 Å². The molecular weight excluding hydrogens is 426 g/mol.